The third-order valence-corrected chi connectivity index (χ3v) is 2.27. The first-order chi connectivity index (χ1) is 7.58. The number of methoxy groups -OCH3 is 2. The molecule has 4 heteroatoms. The van der Waals surface area contributed by atoms with Crippen molar-refractivity contribution >= 4 is 5.97 Å². The van der Waals surface area contributed by atoms with Gasteiger partial charge in [-0.3, -0.25) is 4.79 Å². The van der Waals surface area contributed by atoms with E-state index in [-0.39, 0.29) is 12.6 Å². The number of aryl methyl sites for hydroxylation is 1. The summed E-state index contributed by atoms with van der Waals surface area (Å²) >= 11 is 0. The van der Waals surface area contributed by atoms with Gasteiger partial charge >= 0.3 is 5.97 Å². The number of carbonyl (C=O) groups excluding carboxylic acids is 1. The Morgan fingerprint density at radius 2 is 1.75 bits per heavy atom. The molecule has 0 saturated carbocycles. The molecule has 0 heterocycles. The van der Waals surface area contributed by atoms with Gasteiger partial charge in [0.15, 0.2) is 11.5 Å². The lowest BCUT2D eigenvalue weighted by Gasteiger charge is -2.12. The maximum absolute atomic E-state index is 10.7. The van der Waals surface area contributed by atoms with Crippen LogP contribution in [-0.2, 0) is 16.1 Å². The van der Waals surface area contributed by atoms with E-state index in [2.05, 4.69) is 0 Å². The van der Waals surface area contributed by atoms with E-state index in [1.165, 1.54) is 6.92 Å². The van der Waals surface area contributed by atoms with Crippen molar-refractivity contribution in [3.8, 4) is 11.5 Å². The monoisotopic (exact) mass is 224 g/mol. The molecule has 88 valence electrons. The third-order valence-electron chi connectivity index (χ3n) is 2.27. The predicted molar refractivity (Wildman–Crippen MR) is 59.8 cm³/mol. The highest BCUT2D eigenvalue weighted by atomic mass is 16.5. The molecule has 1 aromatic carbocycles. The topological polar surface area (TPSA) is 44.8 Å². The van der Waals surface area contributed by atoms with Crippen molar-refractivity contribution < 1.29 is 19.0 Å². The number of carbonyl (C=O) groups is 1. The van der Waals surface area contributed by atoms with Crippen molar-refractivity contribution in [3.63, 3.8) is 0 Å². The van der Waals surface area contributed by atoms with Crippen molar-refractivity contribution in [1.29, 1.82) is 0 Å². The molecule has 1 aromatic rings. The zero-order valence-corrected chi connectivity index (χ0v) is 9.99. The van der Waals surface area contributed by atoms with Crippen LogP contribution in [0.25, 0.3) is 0 Å². The average molecular weight is 224 g/mol. The normalized spacial score (nSPS) is 9.75. The Kier molecular flexibility index (Phi) is 4.17. The molecule has 0 aliphatic heterocycles. The van der Waals surface area contributed by atoms with Crippen LogP contribution in [0.15, 0.2) is 12.1 Å². The van der Waals surface area contributed by atoms with E-state index in [1.54, 1.807) is 14.2 Å². The summed E-state index contributed by atoms with van der Waals surface area (Å²) in [4.78, 5) is 10.7. The number of hydrogen-bond acceptors (Lipinski definition) is 4. The van der Waals surface area contributed by atoms with Crippen molar-refractivity contribution in [2.75, 3.05) is 14.2 Å². The number of benzene rings is 1. The van der Waals surface area contributed by atoms with Crippen LogP contribution in [-0.4, -0.2) is 20.2 Å². The minimum atomic E-state index is -0.297. The van der Waals surface area contributed by atoms with Crippen LogP contribution in [0.5, 0.6) is 11.5 Å². The van der Waals surface area contributed by atoms with E-state index in [1.807, 2.05) is 19.1 Å². The summed E-state index contributed by atoms with van der Waals surface area (Å²) in [7, 11) is 3.16. The maximum Gasteiger partial charge on any atom is 0.302 e. The molecule has 0 fully saturated rings. The highest BCUT2D eigenvalue weighted by Crippen LogP contribution is 2.30. The van der Waals surface area contributed by atoms with Crippen LogP contribution in [0.1, 0.15) is 18.1 Å². The lowest BCUT2D eigenvalue weighted by atomic mass is 10.1. The summed E-state index contributed by atoms with van der Waals surface area (Å²) in [5.41, 5.74) is 1.91. The third kappa shape index (κ3) is 2.89. The largest absolute Gasteiger partial charge is 0.493 e. The van der Waals surface area contributed by atoms with Crippen molar-refractivity contribution in [2.24, 2.45) is 0 Å². The zero-order chi connectivity index (χ0) is 12.1. The average Bonchev–Trinajstić information content (AvgIpc) is 2.26. The second-order valence-electron chi connectivity index (χ2n) is 3.41. The quantitative estimate of drug-likeness (QED) is 0.734. The molecule has 0 aromatic heterocycles. The standard InChI is InChI=1S/C12H16O4/c1-8-5-11(14-3)12(15-4)6-10(8)7-16-9(2)13/h5-6H,7H2,1-4H3. The molecule has 0 unspecified atom stereocenters. The highest BCUT2D eigenvalue weighted by molar-refractivity contribution is 5.66. The van der Waals surface area contributed by atoms with Crippen LogP contribution in [0.2, 0.25) is 0 Å². The Morgan fingerprint density at radius 1 is 1.19 bits per heavy atom. The van der Waals surface area contributed by atoms with Crippen molar-refractivity contribution in [1.82, 2.24) is 0 Å². The zero-order valence-electron chi connectivity index (χ0n) is 9.99. The van der Waals surface area contributed by atoms with Gasteiger partial charge in [-0.1, -0.05) is 0 Å². The van der Waals surface area contributed by atoms with Gasteiger partial charge in [0.2, 0.25) is 0 Å². The first-order valence-corrected chi connectivity index (χ1v) is 4.93. The molecule has 0 radical (unpaired) electrons. The number of esters is 1. The van der Waals surface area contributed by atoms with E-state index in [4.69, 9.17) is 14.2 Å². The van der Waals surface area contributed by atoms with E-state index >= 15 is 0 Å². The van der Waals surface area contributed by atoms with E-state index in [0.29, 0.717) is 11.5 Å². The summed E-state index contributed by atoms with van der Waals surface area (Å²) in [6, 6.07) is 3.68. The minimum Gasteiger partial charge on any atom is -0.493 e. The molecule has 0 aliphatic rings. The maximum atomic E-state index is 10.7. The van der Waals surface area contributed by atoms with Gasteiger partial charge in [-0.15, -0.1) is 0 Å². The molecular formula is C12H16O4. The molecule has 0 amide bonds. The summed E-state index contributed by atoms with van der Waals surface area (Å²) in [5, 5.41) is 0. The molecule has 1 rings (SSSR count). The lowest BCUT2D eigenvalue weighted by molar-refractivity contribution is -0.142. The summed E-state index contributed by atoms with van der Waals surface area (Å²) in [6.45, 7) is 3.57. The smallest absolute Gasteiger partial charge is 0.302 e. The Balaban J connectivity index is 2.96. The fourth-order valence-electron chi connectivity index (χ4n) is 1.36. The van der Waals surface area contributed by atoms with E-state index < -0.39 is 0 Å². The van der Waals surface area contributed by atoms with Crippen LogP contribution < -0.4 is 9.47 Å². The molecule has 0 bridgehead atoms. The summed E-state index contributed by atoms with van der Waals surface area (Å²) < 4.78 is 15.3. The van der Waals surface area contributed by atoms with Crippen LogP contribution >= 0.6 is 0 Å². The van der Waals surface area contributed by atoms with Gasteiger partial charge in [-0.05, 0) is 30.2 Å². The van der Waals surface area contributed by atoms with E-state index in [9.17, 15) is 4.79 Å². The summed E-state index contributed by atoms with van der Waals surface area (Å²) in [6.07, 6.45) is 0. The van der Waals surface area contributed by atoms with Gasteiger partial charge in [-0.2, -0.15) is 0 Å². The first kappa shape index (κ1) is 12.4. The molecular weight excluding hydrogens is 208 g/mol. The SMILES string of the molecule is COc1cc(C)c(COC(C)=O)cc1OC. The molecule has 0 aliphatic carbocycles. The number of ether oxygens (including phenoxy) is 3. The molecule has 16 heavy (non-hydrogen) atoms. The highest BCUT2D eigenvalue weighted by Gasteiger charge is 2.09. The lowest BCUT2D eigenvalue weighted by Crippen LogP contribution is -2.02. The summed E-state index contributed by atoms with van der Waals surface area (Å²) in [5.74, 6) is 1.01. The van der Waals surface area contributed by atoms with E-state index in [0.717, 1.165) is 11.1 Å². The number of hydrogen-bond donors (Lipinski definition) is 0. The molecule has 0 N–H and O–H groups in total. The Hall–Kier alpha value is -1.71. The van der Waals surface area contributed by atoms with Gasteiger partial charge in [0.25, 0.3) is 0 Å². The van der Waals surface area contributed by atoms with Crippen LogP contribution in [0.3, 0.4) is 0 Å². The van der Waals surface area contributed by atoms with Gasteiger partial charge in [-0.25, -0.2) is 0 Å². The van der Waals surface area contributed by atoms with Gasteiger partial charge in [0.1, 0.15) is 6.61 Å². The Morgan fingerprint density at radius 3 is 2.25 bits per heavy atom. The molecule has 4 nitrogen and oxygen atoms in total. The van der Waals surface area contributed by atoms with Crippen molar-refractivity contribution in [3.05, 3.63) is 23.3 Å². The fraction of sp³-hybridized carbons (Fsp3) is 0.417. The molecule has 0 spiro atoms. The van der Waals surface area contributed by atoms with Crippen LogP contribution in [0, 0.1) is 6.92 Å². The Bertz CT molecular complexity index is 385. The first-order valence-electron chi connectivity index (χ1n) is 4.93. The van der Waals surface area contributed by atoms with Gasteiger partial charge < -0.3 is 14.2 Å². The second kappa shape index (κ2) is 5.39. The Labute approximate surface area is 95.1 Å². The van der Waals surface area contributed by atoms with Gasteiger partial charge in [0.05, 0.1) is 14.2 Å². The molecule has 0 saturated heterocycles. The van der Waals surface area contributed by atoms with Gasteiger partial charge in [0, 0.05) is 6.92 Å². The minimum absolute atomic E-state index is 0.252. The number of rotatable bonds is 4. The predicted octanol–water partition coefficient (Wildman–Crippen LogP) is 2.08. The van der Waals surface area contributed by atoms with Crippen molar-refractivity contribution in [2.45, 2.75) is 20.5 Å². The second-order valence-corrected chi connectivity index (χ2v) is 3.41. The fourth-order valence-corrected chi connectivity index (χ4v) is 1.36. The van der Waals surface area contributed by atoms with Crippen LogP contribution in [0.4, 0.5) is 0 Å². The molecule has 0 atom stereocenters.